The van der Waals surface area contributed by atoms with Crippen molar-refractivity contribution < 1.29 is 18.0 Å². The second-order valence-corrected chi connectivity index (χ2v) is 10.9. The first kappa shape index (κ1) is 24.8. The highest BCUT2D eigenvalue weighted by molar-refractivity contribution is 5.75. The van der Waals surface area contributed by atoms with Crippen molar-refractivity contribution >= 4 is 12.0 Å². The molecule has 1 aromatic heterocycles. The predicted molar refractivity (Wildman–Crippen MR) is 130 cm³/mol. The van der Waals surface area contributed by atoms with Crippen molar-refractivity contribution in [2.45, 2.75) is 51.5 Å². The number of carbonyl (C=O) groups is 1. The van der Waals surface area contributed by atoms with Crippen LogP contribution < -0.4 is 10.2 Å². The van der Waals surface area contributed by atoms with Gasteiger partial charge in [-0.2, -0.15) is 13.2 Å². The maximum atomic E-state index is 13.0. The lowest BCUT2D eigenvalue weighted by molar-refractivity contribution is -0.138. The average molecular weight is 503 g/mol. The highest BCUT2D eigenvalue weighted by Crippen LogP contribution is 2.51. The monoisotopic (exact) mass is 502 g/mol. The lowest BCUT2D eigenvalue weighted by Gasteiger charge is -2.59. The Hall–Kier alpha value is -2.88. The fourth-order valence-electron chi connectivity index (χ4n) is 6.26. The number of nitrogens with one attached hydrogen (secondary N) is 1. The number of piperazine rings is 1. The van der Waals surface area contributed by atoms with Crippen LogP contribution in [0.3, 0.4) is 0 Å². The van der Waals surface area contributed by atoms with Crippen LogP contribution in [-0.2, 0) is 12.7 Å². The lowest BCUT2D eigenvalue weighted by atomic mass is 9.57. The zero-order valence-corrected chi connectivity index (χ0v) is 20.7. The zero-order valence-electron chi connectivity index (χ0n) is 20.7. The number of urea groups is 1. The van der Waals surface area contributed by atoms with Crippen molar-refractivity contribution in [3.8, 4) is 0 Å². The van der Waals surface area contributed by atoms with Crippen LogP contribution in [0.4, 0.5) is 23.9 Å². The van der Waals surface area contributed by atoms with E-state index in [-0.39, 0.29) is 24.1 Å². The molecule has 36 heavy (non-hydrogen) atoms. The van der Waals surface area contributed by atoms with Gasteiger partial charge >= 0.3 is 12.2 Å². The average Bonchev–Trinajstić information content (AvgIpc) is 2.78. The summed E-state index contributed by atoms with van der Waals surface area (Å²) in [6.07, 6.45) is -0.530. The standard InChI is InChI=1S/C26H33F3N6O/c1-18-13-34(23-30-11-22(12-31-23)26(27,28)29)14-19(2)35(18)24(36)32-10-21-8-25(9-21)16-33(17-25)15-20-6-4-3-5-7-20/h3-7,11-12,18-19,21H,8-10,13-17H2,1-2H3,(H,32,36)/t18-,19+. The molecule has 7 nitrogen and oxygen atoms in total. The van der Waals surface area contributed by atoms with Gasteiger partial charge in [0, 0.05) is 63.7 Å². The summed E-state index contributed by atoms with van der Waals surface area (Å²) >= 11 is 0. The molecular weight excluding hydrogens is 469 g/mol. The van der Waals surface area contributed by atoms with E-state index in [9.17, 15) is 18.0 Å². The number of aromatic nitrogens is 2. The molecule has 3 fully saturated rings. The van der Waals surface area contributed by atoms with E-state index in [4.69, 9.17) is 0 Å². The Kier molecular flexibility index (Phi) is 6.57. The summed E-state index contributed by atoms with van der Waals surface area (Å²) in [5.41, 5.74) is 0.913. The number of likely N-dealkylation sites (tertiary alicyclic amines) is 1. The van der Waals surface area contributed by atoms with Gasteiger partial charge in [-0.25, -0.2) is 14.8 Å². The maximum absolute atomic E-state index is 13.0. The minimum atomic E-state index is -4.46. The number of hydrogen-bond acceptors (Lipinski definition) is 5. The number of alkyl halides is 3. The molecule has 0 radical (unpaired) electrons. The maximum Gasteiger partial charge on any atom is 0.419 e. The zero-order chi connectivity index (χ0) is 25.5. The molecule has 2 aliphatic heterocycles. The predicted octanol–water partition coefficient (Wildman–Crippen LogP) is 4.02. The lowest BCUT2D eigenvalue weighted by Crippen LogP contribution is -2.64. The van der Waals surface area contributed by atoms with Crippen LogP contribution in [0.25, 0.3) is 0 Å². The van der Waals surface area contributed by atoms with Gasteiger partial charge in [-0.3, -0.25) is 4.90 Å². The Bertz CT molecular complexity index is 1040. The van der Waals surface area contributed by atoms with Gasteiger partial charge in [-0.15, -0.1) is 0 Å². The first-order valence-corrected chi connectivity index (χ1v) is 12.6. The van der Waals surface area contributed by atoms with Crippen LogP contribution in [0.1, 0.15) is 37.8 Å². The number of anilines is 1. The summed E-state index contributed by atoms with van der Waals surface area (Å²) in [6, 6.07) is 10.2. The van der Waals surface area contributed by atoms with Gasteiger partial charge < -0.3 is 15.1 Å². The molecule has 3 heterocycles. The molecule has 0 bridgehead atoms. The van der Waals surface area contributed by atoms with Crippen molar-refractivity contribution in [1.82, 2.24) is 25.1 Å². The Morgan fingerprint density at radius 2 is 1.67 bits per heavy atom. The minimum Gasteiger partial charge on any atom is -0.338 e. The molecule has 10 heteroatoms. The summed E-state index contributed by atoms with van der Waals surface area (Å²) in [5.74, 6) is 0.767. The molecule has 2 saturated heterocycles. The highest BCUT2D eigenvalue weighted by atomic mass is 19.4. The summed E-state index contributed by atoms with van der Waals surface area (Å²) in [6.45, 7) is 8.77. The number of hydrogen-bond donors (Lipinski definition) is 1. The molecule has 0 unspecified atom stereocenters. The second kappa shape index (κ2) is 9.53. The number of amides is 2. The molecule has 1 aliphatic carbocycles. The van der Waals surface area contributed by atoms with Crippen LogP contribution in [0.15, 0.2) is 42.7 Å². The molecule has 1 spiro atoms. The first-order valence-electron chi connectivity index (χ1n) is 12.6. The van der Waals surface area contributed by atoms with Crippen LogP contribution in [0.5, 0.6) is 0 Å². The van der Waals surface area contributed by atoms with Crippen LogP contribution >= 0.6 is 0 Å². The van der Waals surface area contributed by atoms with E-state index in [1.807, 2.05) is 29.7 Å². The van der Waals surface area contributed by atoms with E-state index >= 15 is 0 Å². The van der Waals surface area contributed by atoms with E-state index < -0.39 is 11.7 Å². The van der Waals surface area contributed by atoms with E-state index in [0.717, 1.165) is 44.9 Å². The third-order valence-electron chi connectivity index (χ3n) is 7.75. The van der Waals surface area contributed by atoms with Gasteiger partial charge in [0.15, 0.2) is 0 Å². The normalized spacial score (nSPS) is 24.4. The van der Waals surface area contributed by atoms with Gasteiger partial charge in [-0.1, -0.05) is 30.3 Å². The molecular formula is C26H33F3N6O. The molecule has 5 rings (SSSR count). The van der Waals surface area contributed by atoms with Gasteiger partial charge in [0.2, 0.25) is 5.95 Å². The first-order chi connectivity index (χ1) is 17.1. The molecule has 2 aromatic rings. The van der Waals surface area contributed by atoms with Gasteiger partial charge in [0.05, 0.1) is 5.56 Å². The number of halogens is 3. The minimum absolute atomic E-state index is 0.0803. The molecule has 2 amide bonds. The number of nitrogens with zero attached hydrogens (tertiary/aromatic N) is 5. The summed E-state index contributed by atoms with van der Waals surface area (Å²) in [4.78, 5) is 27.0. The molecule has 1 aromatic carbocycles. The largest absolute Gasteiger partial charge is 0.419 e. The molecule has 1 N–H and O–H groups in total. The third-order valence-corrected chi connectivity index (χ3v) is 7.75. The van der Waals surface area contributed by atoms with Gasteiger partial charge in [0.1, 0.15) is 0 Å². The summed E-state index contributed by atoms with van der Waals surface area (Å²) in [7, 11) is 0. The quantitative estimate of drug-likeness (QED) is 0.669. The van der Waals surface area contributed by atoms with Gasteiger partial charge in [0.25, 0.3) is 0 Å². The van der Waals surface area contributed by atoms with Crippen molar-refractivity contribution in [2.75, 3.05) is 37.6 Å². The summed E-state index contributed by atoms with van der Waals surface area (Å²) < 4.78 is 38.4. The number of benzene rings is 1. The van der Waals surface area contributed by atoms with E-state index in [1.54, 1.807) is 0 Å². The van der Waals surface area contributed by atoms with E-state index in [0.29, 0.717) is 31.0 Å². The Labute approximate surface area is 209 Å². The fraction of sp³-hybridized carbons (Fsp3) is 0.577. The van der Waals surface area contributed by atoms with Crippen molar-refractivity contribution in [3.63, 3.8) is 0 Å². The SMILES string of the molecule is C[C@@H]1CN(c2ncc(C(F)(F)F)cn2)C[C@H](C)N1C(=O)NCC1CC2(C1)CN(Cc1ccccc1)C2. The van der Waals surface area contributed by atoms with Crippen molar-refractivity contribution in [2.24, 2.45) is 11.3 Å². The van der Waals surface area contributed by atoms with Crippen LogP contribution in [-0.4, -0.2) is 70.6 Å². The molecule has 2 atom stereocenters. The molecule has 194 valence electrons. The Balaban J connectivity index is 1.06. The highest BCUT2D eigenvalue weighted by Gasteiger charge is 2.51. The van der Waals surface area contributed by atoms with Crippen LogP contribution in [0, 0.1) is 11.3 Å². The Morgan fingerprint density at radius 1 is 1.06 bits per heavy atom. The molecule has 1 saturated carbocycles. The van der Waals surface area contributed by atoms with Gasteiger partial charge in [-0.05, 0) is 43.6 Å². The van der Waals surface area contributed by atoms with Crippen molar-refractivity contribution in [3.05, 3.63) is 53.9 Å². The van der Waals surface area contributed by atoms with Crippen molar-refractivity contribution in [1.29, 1.82) is 0 Å². The smallest absolute Gasteiger partial charge is 0.338 e. The third kappa shape index (κ3) is 5.14. The fourth-order valence-corrected chi connectivity index (χ4v) is 6.26. The van der Waals surface area contributed by atoms with E-state index in [1.165, 1.54) is 5.56 Å². The second-order valence-electron chi connectivity index (χ2n) is 10.9. The summed E-state index contributed by atoms with van der Waals surface area (Å²) in [5, 5.41) is 3.13. The Morgan fingerprint density at radius 3 is 2.25 bits per heavy atom. The number of carbonyl (C=O) groups excluding carboxylic acids is 1. The number of rotatable bonds is 5. The van der Waals surface area contributed by atoms with E-state index in [2.05, 4.69) is 44.5 Å². The topological polar surface area (TPSA) is 64.6 Å². The molecule has 3 aliphatic rings. The van der Waals surface area contributed by atoms with Crippen LogP contribution in [0.2, 0.25) is 0 Å².